The molecule has 0 aliphatic heterocycles. The molecule has 2 N–H and O–H groups in total. The van der Waals surface area contributed by atoms with Gasteiger partial charge in [0, 0.05) is 6.04 Å². The molecule has 0 bridgehead atoms. The number of amides is 1. The number of nitro benzene ring substituents is 1. The van der Waals surface area contributed by atoms with Gasteiger partial charge in [0.05, 0.1) is 22.5 Å². The zero-order chi connectivity index (χ0) is 16.3. The Bertz CT molecular complexity index is 606. The highest BCUT2D eigenvalue weighted by Crippen LogP contribution is 2.21. The Labute approximate surface area is 117 Å². The number of carbonyl (C=O) groups is 2. The van der Waals surface area contributed by atoms with E-state index >= 15 is 0 Å². The first kappa shape index (κ1) is 16.5. The molecular formula is C12H12F2N2O5. The number of carboxylic acids is 1. The molecule has 21 heavy (non-hydrogen) atoms. The van der Waals surface area contributed by atoms with Crippen LogP contribution in [0.15, 0.2) is 12.1 Å². The minimum Gasteiger partial charge on any atom is -0.481 e. The van der Waals surface area contributed by atoms with Crippen LogP contribution < -0.4 is 5.32 Å². The van der Waals surface area contributed by atoms with Crippen LogP contribution >= 0.6 is 0 Å². The number of benzene rings is 1. The second-order valence-electron chi connectivity index (χ2n) is 4.43. The third-order valence-electron chi connectivity index (χ3n) is 2.98. The summed E-state index contributed by atoms with van der Waals surface area (Å²) in [5.41, 5.74) is -1.82. The van der Waals surface area contributed by atoms with Crippen molar-refractivity contribution < 1.29 is 28.4 Å². The van der Waals surface area contributed by atoms with Crippen molar-refractivity contribution >= 4 is 17.6 Å². The van der Waals surface area contributed by atoms with Crippen LogP contribution in [0.1, 0.15) is 24.2 Å². The fourth-order valence-electron chi connectivity index (χ4n) is 1.47. The van der Waals surface area contributed by atoms with E-state index in [1.54, 1.807) is 0 Å². The summed E-state index contributed by atoms with van der Waals surface area (Å²) in [5, 5.41) is 21.4. The molecule has 0 spiro atoms. The smallest absolute Gasteiger partial charge is 0.308 e. The molecule has 0 aliphatic carbocycles. The normalized spacial score (nSPS) is 13.3. The molecule has 2 atom stereocenters. The van der Waals surface area contributed by atoms with Crippen molar-refractivity contribution in [3.8, 4) is 0 Å². The van der Waals surface area contributed by atoms with E-state index in [-0.39, 0.29) is 0 Å². The molecule has 1 aromatic rings. The lowest BCUT2D eigenvalue weighted by atomic mass is 10.0. The molecule has 0 fully saturated rings. The van der Waals surface area contributed by atoms with Crippen LogP contribution in [-0.2, 0) is 4.79 Å². The van der Waals surface area contributed by atoms with E-state index in [2.05, 4.69) is 5.32 Å². The molecule has 1 rings (SSSR count). The third kappa shape index (κ3) is 3.71. The third-order valence-corrected chi connectivity index (χ3v) is 2.98. The highest BCUT2D eigenvalue weighted by Gasteiger charge is 2.25. The fourth-order valence-corrected chi connectivity index (χ4v) is 1.47. The lowest BCUT2D eigenvalue weighted by Crippen LogP contribution is -2.40. The van der Waals surface area contributed by atoms with Gasteiger partial charge in [-0.2, -0.15) is 4.39 Å². The van der Waals surface area contributed by atoms with E-state index in [9.17, 15) is 28.5 Å². The first-order chi connectivity index (χ1) is 9.65. The number of hydrogen-bond acceptors (Lipinski definition) is 4. The summed E-state index contributed by atoms with van der Waals surface area (Å²) in [6, 6.07) is -0.135. The van der Waals surface area contributed by atoms with Crippen molar-refractivity contribution in [3.05, 3.63) is 39.4 Å². The maximum absolute atomic E-state index is 13.6. The monoisotopic (exact) mass is 302 g/mol. The van der Waals surface area contributed by atoms with Crippen molar-refractivity contribution in [2.75, 3.05) is 0 Å². The fraction of sp³-hybridized carbons (Fsp3) is 0.333. The number of nitro groups is 1. The largest absolute Gasteiger partial charge is 0.481 e. The first-order valence-corrected chi connectivity index (χ1v) is 5.82. The zero-order valence-corrected chi connectivity index (χ0v) is 11.1. The molecule has 114 valence electrons. The quantitative estimate of drug-likeness (QED) is 0.635. The van der Waals surface area contributed by atoms with Gasteiger partial charge in [-0.15, -0.1) is 0 Å². The number of nitrogens with zero attached hydrogens (tertiary/aromatic N) is 1. The van der Waals surface area contributed by atoms with Crippen molar-refractivity contribution in [2.45, 2.75) is 19.9 Å². The molecule has 1 aromatic carbocycles. The minimum atomic E-state index is -1.36. The highest BCUT2D eigenvalue weighted by atomic mass is 19.1. The van der Waals surface area contributed by atoms with Gasteiger partial charge in [-0.3, -0.25) is 19.7 Å². The summed E-state index contributed by atoms with van der Waals surface area (Å²) in [6.07, 6.45) is 0. The van der Waals surface area contributed by atoms with E-state index in [1.807, 2.05) is 0 Å². The molecule has 0 aromatic heterocycles. The second-order valence-corrected chi connectivity index (χ2v) is 4.43. The average Bonchev–Trinajstić information content (AvgIpc) is 2.39. The molecule has 2 unspecified atom stereocenters. The Morgan fingerprint density at radius 3 is 2.33 bits per heavy atom. The number of hydrogen-bond donors (Lipinski definition) is 2. The average molecular weight is 302 g/mol. The summed E-state index contributed by atoms with van der Waals surface area (Å²) in [6.45, 7) is 2.72. The number of halogens is 2. The van der Waals surface area contributed by atoms with Crippen LogP contribution in [0.3, 0.4) is 0 Å². The molecule has 0 radical (unpaired) electrons. The lowest BCUT2D eigenvalue weighted by Gasteiger charge is -2.17. The summed E-state index contributed by atoms with van der Waals surface area (Å²) in [4.78, 5) is 31.8. The SMILES string of the molecule is CC(NC(=O)c1cc(F)c([N+](=O)[O-])cc1F)C(C)C(=O)O. The predicted molar refractivity (Wildman–Crippen MR) is 66.7 cm³/mol. The zero-order valence-electron chi connectivity index (χ0n) is 11.1. The summed E-state index contributed by atoms with van der Waals surface area (Å²) in [5.74, 6) is -5.79. The molecule has 9 heteroatoms. The maximum Gasteiger partial charge on any atom is 0.308 e. The van der Waals surface area contributed by atoms with Gasteiger partial charge in [0.2, 0.25) is 5.82 Å². The highest BCUT2D eigenvalue weighted by molar-refractivity contribution is 5.95. The van der Waals surface area contributed by atoms with Crippen LogP contribution in [0.5, 0.6) is 0 Å². The van der Waals surface area contributed by atoms with Gasteiger partial charge >= 0.3 is 11.7 Å². The van der Waals surface area contributed by atoms with E-state index in [0.717, 1.165) is 0 Å². The van der Waals surface area contributed by atoms with E-state index in [0.29, 0.717) is 12.1 Å². The second kappa shape index (κ2) is 6.25. The van der Waals surface area contributed by atoms with Crippen LogP contribution in [-0.4, -0.2) is 27.9 Å². The molecule has 0 aliphatic rings. The topological polar surface area (TPSA) is 110 Å². The Balaban J connectivity index is 3.01. The first-order valence-electron chi connectivity index (χ1n) is 5.82. The van der Waals surface area contributed by atoms with Gasteiger partial charge in [0.25, 0.3) is 5.91 Å². The molecule has 0 saturated carbocycles. The van der Waals surface area contributed by atoms with Gasteiger partial charge in [0.1, 0.15) is 5.82 Å². The van der Waals surface area contributed by atoms with E-state index in [4.69, 9.17) is 5.11 Å². The summed E-state index contributed by atoms with van der Waals surface area (Å²) >= 11 is 0. The minimum absolute atomic E-state index is 0.301. The van der Waals surface area contributed by atoms with Gasteiger partial charge < -0.3 is 10.4 Å². The van der Waals surface area contributed by atoms with Gasteiger partial charge in [-0.05, 0) is 19.9 Å². The van der Waals surface area contributed by atoms with Crippen molar-refractivity contribution in [3.63, 3.8) is 0 Å². The summed E-state index contributed by atoms with van der Waals surface area (Å²) < 4.78 is 27.0. The summed E-state index contributed by atoms with van der Waals surface area (Å²) in [7, 11) is 0. The number of nitrogens with one attached hydrogen (secondary N) is 1. The molecular weight excluding hydrogens is 290 g/mol. The Kier molecular flexibility index (Phi) is 4.90. The predicted octanol–water partition coefficient (Wildman–Crippen LogP) is 1.71. The molecule has 7 nitrogen and oxygen atoms in total. The van der Waals surface area contributed by atoms with E-state index in [1.165, 1.54) is 13.8 Å². The van der Waals surface area contributed by atoms with Crippen LogP contribution in [0.2, 0.25) is 0 Å². The number of rotatable bonds is 5. The van der Waals surface area contributed by atoms with Crippen molar-refractivity contribution in [1.82, 2.24) is 5.32 Å². The van der Waals surface area contributed by atoms with Gasteiger partial charge in [-0.25, -0.2) is 4.39 Å². The van der Waals surface area contributed by atoms with Crippen LogP contribution in [0.25, 0.3) is 0 Å². The van der Waals surface area contributed by atoms with Crippen LogP contribution in [0.4, 0.5) is 14.5 Å². The van der Waals surface area contributed by atoms with Gasteiger partial charge in [-0.1, -0.05) is 0 Å². The molecule has 0 heterocycles. The van der Waals surface area contributed by atoms with Gasteiger partial charge in [0.15, 0.2) is 0 Å². The Hall–Kier alpha value is -2.58. The molecule has 0 saturated heterocycles. The van der Waals surface area contributed by atoms with Crippen molar-refractivity contribution in [1.29, 1.82) is 0 Å². The lowest BCUT2D eigenvalue weighted by molar-refractivity contribution is -0.387. The Morgan fingerprint density at radius 1 is 1.29 bits per heavy atom. The van der Waals surface area contributed by atoms with Crippen molar-refractivity contribution in [2.24, 2.45) is 5.92 Å². The Morgan fingerprint density at radius 2 is 1.86 bits per heavy atom. The molecule has 1 amide bonds. The number of carbonyl (C=O) groups excluding carboxylic acids is 1. The van der Waals surface area contributed by atoms with E-state index < -0.39 is 51.6 Å². The maximum atomic E-state index is 13.6. The standard InChI is InChI=1S/C12H12F2N2O5/c1-5(12(18)19)6(2)15-11(17)7-3-9(14)10(16(20)21)4-8(7)13/h3-6H,1-2H3,(H,15,17)(H,18,19). The van der Waals surface area contributed by atoms with Crippen LogP contribution in [0, 0.1) is 27.7 Å². The number of carboxylic acid groups (broad SMARTS) is 1. The number of aliphatic carboxylic acids is 1.